The van der Waals surface area contributed by atoms with Crippen molar-refractivity contribution in [3.63, 3.8) is 0 Å². The number of fused-ring (bicyclic) bond motifs is 1. The minimum absolute atomic E-state index is 0.104. The smallest absolute Gasteiger partial charge is 0.326 e. The van der Waals surface area contributed by atoms with Crippen molar-refractivity contribution in [2.45, 2.75) is 39.2 Å². The first-order chi connectivity index (χ1) is 9.49. The molecule has 20 heavy (non-hydrogen) atoms. The van der Waals surface area contributed by atoms with Gasteiger partial charge in [0.15, 0.2) is 0 Å². The number of carboxylic acids is 1. The lowest BCUT2D eigenvalue weighted by molar-refractivity contribution is -0.142. The third-order valence-electron chi connectivity index (χ3n) is 4.78. The second kappa shape index (κ2) is 4.88. The van der Waals surface area contributed by atoms with Gasteiger partial charge in [0.2, 0.25) is 0 Å². The lowest BCUT2D eigenvalue weighted by atomic mass is 9.94. The zero-order valence-electron chi connectivity index (χ0n) is 11.8. The van der Waals surface area contributed by atoms with Crippen LogP contribution in [0.5, 0.6) is 0 Å². The number of carbonyl (C=O) groups excluding carboxylic acids is 1. The molecular weight excluding hydrogens is 274 g/mol. The minimum Gasteiger partial charge on any atom is -0.480 e. The lowest BCUT2D eigenvalue weighted by Crippen LogP contribution is -2.43. The maximum absolute atomic E-state index is 12.6. The van der Waals surface area contributed by atoms with Crippen LogP contribution < -0.4 is 0 Å². The van der Waals surface area contributed by atoms with Crippen LogP contribution in [0.15, 0.2) is 6.07 Å². The molecule has 1 aromatic heterocycles. The highest BCUT2D eigenvalue weighted by atomic mass is 32.1. The van der Waals surface area contributed by atoms with Crippen LogP contribution in [0.2, 0.25) is 0 Å². The van der Waals surface area contributed by atoms with E-state index in [1.165, 1.54) is 11.3 Å². The van der Waals surface area contributed by atoms with E-state index in [1.807, 2.05) is 19.9 Å². The van der Waals surface area contributed by atoms with Gasteiger partial charge in [-0.1, -0.05) is 6.42 Å². The second-order valence-electron chi connectivity index (χ2n) is 5.95. The van der Waals surface area contributed by atoms with Gasteiger partial charge in [-0.15, -0.1) is 11.3 Å². The van der Waals surface area contributed by atoms with Gasteiger partial charge >= 0.3 is 5.97 Å². The highest BCUT2D eigenvalue weighted by Gasteiger charge is 2.49. The Bertz CT molecular complexity index is 546. The van der Waals surface area contributed by atoms with Crippen LogP contribution >= 0.6 is 11.3 Å². The van der Waals surface area contributed by atoms with Gasteiger partial charge in [-0.05, 0) is 50.2 Å². The molecule has 3 rings (SSSR count). The third-order valence-corrected chi connectivity index (χ3v) is 5.92. The molecule has 3 atom stereocenters. The summed E-state index contributed by atoms with van der Waals surface area (Å²) in [4.78, 5) is 27.6. The maximum Gasteiger partial charge on any atom is 0.326 e. The molecule has 1 amide bonds. The molecule has 2 heterocycles. The summed E-state index contributed by atoms with van der Waals surface area (Å²) in [5, 5.41) is 9.50. The largest absolute Gasteiger partial charge is 0.480 e. The lowest BCUT2D eigenvalue weighted by Gasteiger charge is -2.23. The van der Waals surface area contributed by atoms with E-state index in [0.717, 1.165) is 29.7 Å². The summed E-state index contributed by atoms with van der Waals surface area (Å²) in [5.41, 5.74) is 1.10. The van der Waals surface area contributed by atoms with Crippen LogP contribution in [-0.2, 0) is 4.79 Å². The first-order valence-corrected chi connectivity index (χ1v) is 7.91. The van der Waals surface area contributed by atoms with Gasteiger partial charge < -0.3 is 10.0 Å². The Morgan fingerprint density at radius 1 is 1.35 bits per heavy atom. The highest BCUT2D eigenvalue weighted by Crippen LogP contribution is 2.43. The number of carbonyl (C=O) groups is 2. The number of amides is 1. The average Bonchev–Trinajstić information content (AvgIpc) is 3.02. The third kappa shape index (κ3) is 2.04. The van der Waals surface area contributed by atoms with Gasteiger partial charge in [-0.25, -0.2) is 4.79 Å². The molecule has 1 saturated heterocycles. The molecule has 0 bridgehead atoms. The zero-order chi connectivity index (χ0) is 14.4. The zero-order valence-corrected chi connectivity index (χ0v) is 12.6. The van der Waals surface area contributed by atoms with E-state index in [4.69, 9.17) is 0 Å². The minimum atomic E-state index is -0.849. The Labute approximate surface area is 122 Å². The number of carboxylic acid groups (broad SMARTS) is 1. The number of likely N-dealkylation sites (tertiary alicyclic amines) is 1. The Morgan fingerprint density at radius 3 is 2.70 bits per heavy atom. The molecule has 1 aromatic rings. The topological polar surface area (TPSA) is 57.6 Å². The van der Waals surface area contributed by atoms with Gasteiger partial charge in [0.25, 0.3) is 5.91 Å². The van der Waals surface area contributed by atoms with Gasteiger partial charge in [-0.2, -0.15) is 0 Å². The first kappa shape index (κ1) is 13.6. The van der Waals surface area contributed by atoms with Crippen LogP contribution in [0.1, 0.15) is 39.4 Å². The normalized spacial score (nSPS) is 28.7. The Hall–Kier alpha value is -1.36. The van der Waals surface area contributed by atoms with Crippen molar-refractivity contribution in [3.05, 3.63) is 21.4 Å². The van der Waals surface area contributed by atoms with Crippen LogP contribution in [0.4, 0.5) is 0 Å². The van der Waals surface area contributed by atoms with E-state index < -0.39 is 12.0 Å². The Balaban J connectivity index is 1.88. The van der Waals surface area contributed by atoms with Crippen molar-refractivity contribution < 1.29 is 14.7 Å². The van der Waals surface area contributed by atoms with Gasteiger partial charge in [0, 0.05) is 11.4 Å². The summed E-state index contributed by atoms with van der Waals surface area (Å²) in [5.74, 6) is -0.424. The molecule has 1 saturated carbocycles. The van der Waals surface area contributed by atoms with Crippen molar-refractivity contribution in [2.75, 3.05) is 6.54 Å². The van der Waals surface area contributed by atoms with Gasteiger partial charge in [0.05, 0.1) is 4.88 Å². The van der Waals surface area contributed by atoms with E-state index in [2.05, 4.69) is 0 Å². The summed E-state index contributed by atoms with van der Waals surface area (Å²) < 4.78 is 0. The van der Waals surface area contributed by atoms with Crippen molar-refractivity contribution in [1.82, 2.24) is 4.90 Å². The fourth-order valence-corrected chi connectivity index (χ4v) is 4.64. The quantitative estimate of drug-likeness (QED) is 0.912. The van der Waals surface area contributed by atoms with Crippen LogP contribution in [0, 0.1) is 25.7 Å². The Kier molecular flexibility index (Phi) is 3.32. The molecule has 1 N–H and O–H groups in total. The first-order valence-electron chi connectivity index (χ1n) is 7.10. The Morgan fingerprint density at radius 2 is 2.10 bits per heavy atom. The van der Waals surface area contributed by atoms with E-state index >= 15 is 0 Å². The molecule has 0 aromatic carbocycles. The molecule has 2 aliphatic rings. The molecule has 4 nitrogen and oxygen atoms in total. The number of nitrogens with zero attached hydrogens (tertiary/aromatic N) is 1. The van der Waals surface area contributed by atoms with Gasteiger partial charge in [-0.3, -0.25) is 4.79 Å². The summed E-state index contributed by atoms with van der Waals surface area (Å²) in [6.45, 7) is 4.58. The molecule has 1 aliphatic carbocycles. The van der Waals surface area contributed by atoms with E-state index in [-0.39, 0.29) is 11.8 Å². The molecule has 0 radical (unpaired) electrons. The summed E-state index contributed by atoms with van der Waals surface area (Å²) in [6.07, 6.45) is 3.09. The molecule has 0 spiro atoms. The van der Waals surface area contributed by atoms with Crippen LogP contribution in [0.25, 0.3) is 0 Å². The number of aliphatic carboxylic acids is 1. The number of hydrogen-bond donors (Lipinski definition) is 1. The van der Waals surface area contributed by atoms with Crippen molar-refractivity contribution >= 4 is 23.2 Å². The molecule has 2 fully saturated rings. The van der Waals surface area contributed by atoms with E-state index in [9.17, 15) is 14.7 Å². The summed E-state index contributed by atoms with van der Waals surface area (Å²) >= 11 is 1.47. The highest BCUT2D eigenvalue weighted by molar-refractivity contribution is 7.14. The average molecular weight is 293 g/mol. The fraction of sp³-hybridized carbons (Fsp3) is 0.600. The summed E-state index contributed by atoms with van der Waals surface area (Å²) in [7, 11) is 0. The SMILES string of the molecule is Cc1cc(C(=O)N2CC3CCCC3C2C(=O)O)sc1C. The number of thiophene rings is 1. The predicted molar refractivity (Wildman–Crippen MR) is 77.1 cm³/mol. The fourth-order valence-electron chi connectivity index (χ4n) is 3.65. The van der Waals surface area contributed by atoms with Crippen molar-refractivity contribution in [1.29, 1.82) is 0 Å². The monoisotopic (exact) mass is 293 g/mol. The van der Waals surface area contributed by atoms with E-state index in [1.54, 1.807) is 4.90 Å². The molecule has 5 heteroatoms. The number of hydrogen-bond acceptors (Lipinski definition) is 3. The molecule has 108 valence electrons. The molecule has 3 unspecified atom stereocenters. The molecule has 1 aliphatic heterocycles. The van der Waals surface area contributed by atoms with Crippen molar-refractivity contribution in [2.24, 2.45) is 11.8 Å². The molecular formula is C15H19NO3S. The number of rotatable bonds is 2. The number of aryl methyl sites for hydroxylation is 2. The second-order valence-corrected chi connectivity index (χ2v) is 7.20. The van der Waals surface area contributed by atoms with Crippen LogP contribution in [0.3, 0.4) is 0 Å². The van der Waals surface area contributed by atoms with Crippen LogP contribution in [-0.4, -0.2) is 34.5 Å². The predicted octanol–water partition coefficient (Wildman–Crippen LogP) is 2.69. The van der Waals surface area contributed by atoms with Gasteiger partial charge in [0.1, 0.15) is 6.04 Å². The standard InChI is InChI=1S/C15H19NO3S/c1-8-6-12(20-9(8)2)14(17)16-7-10-4-3-5-11(10)13(16)15(18)19/h6,10-11,13H,3-5,7H2,1-2H3,(H,18,19). The summed E-state index contributed by atoms with van der Waals surface area (Å²) in [6, 6.07) is 1.26. The van der Waals surface area contributed by atoms with E-state index in [0.29, 0.717) is 17.3 Å². The maximum atomic E-state index is 12.6. The van der Waals surface area contributed by atoms with Crippen molar-refractivity contribution in [3.8, 4) is 0 Å².